The van der Waals surface area contributed by atoms with Gasteiger partial charge in [0, 0.05) is 12.6 Å². The number of sulfonamides is 1. The molecule has 0 bridgehead atoms. The molecule has 0 radical (unpaired) electrons. The molecule has 0 saturated heterocycles. The van der Waals surface area contributed by atoms with Gasteiger partial charge in [-0.05, 0) is 18.6 Å². The largest absolute Gasteiger partial charge is 0.329 e. The summed E-state index contributed by atoms with van der Waals surface area (Å²) >= 11 is 11.2. The van der Waals surface area contributed by atoms with Crippen LogP contribution in [0.15, 0.2) is 17.0 Å². The Bertz CT molecular complexity index is 552. The second kappa shape index (κ2) is 6.85. The van der Waals surface area contributed by atoms with E-state index in [4.69, 9.17) is 28.9 Å². The predicted molar refractivity (Wildman–Crippen MR) is 74.5 cm³/mol. The number of hydrogen-bond donors (Lipinski definition) is 2. The highest BCUT2D eigenvalue weighted by Crippen LogP contribution is 2.29. The maximum atomic E-state index is 13.5. The van der Waals surface area contributed by atoms with Gasteiger partial charge in [0.1, 0.15) is 4.90 Å². The zero-order valence-electron chi connectivity index (χ0n) is 10.3. The molecule has 0 aliphatic carbocycles. The summed E-state index contributed by atoms with van der Waals surface area (Å²) < 4.78 is 40.1. The quantitative estimate of drug-likeness (QED) is 0.788. The van der Waals surface area contributed by atoms with Crippen LogP contribution in [0.25, 0.3) is 0 Å². The minimum Gasteiger partial charge on any atom is -0.329 e. The Kier molecular flexibility index (Phi) is 6.01. The fraction of sp³-hybridized carbons (Fsp3) is 0.455. The van der Waals surface area contributed by atoms with Crippen LogP contribution in [0.1, 0.15) is 19.8 Å². The molecule has 0 aromatic heterocycles. The van der Waals surface area contributed by atoms with Gasteiger partial charge in [-0.2, -0.15) is 0 Å². The molecule has 0 fully saturated rings. The molecule has 1 aromatic rings. The van der Waals surface area contributed by atoms with E-state index in [9.17, 15) is 12.8 Å². The molecule has 19 heavy (non-hydrogen) atoms. The summed E-state index contributed by atoms with van der Waals surface area (Å²) in [5.41, 5.74) is 5.48. The average Bonchev–Trinajstić information content (AvgIpc) is 2.34. The summed E-state index contributed by atoms with van der Waals surface area (Å²) in [6, 6.07) is 1.90. The molecule has 0 amide bonds. The van der Waals surface area contributed by atoms with Gasteiger partial charge in [-0.3, -0.25) is 0 Å². The zero-order valence-corrected chi connectivity index (χ0v) is 12.6. The molecule has 3 N–H and O–H groups in total. The average molecular weight is 329 g/mol. The summed E-state index contributed by atoms with van der Waals surface area (Å²) in [5, 5.41) is -0.750. The number of nitrogens with one attached hydrogen (secondary N) is 1. The van der Waals surface area contributed by atoms with E-state index in [1.807, 2.05) is 6.92 Å². The van der Waals surface area contributed by atoms with Crippen molar-refractivity contribution in [3.05, 3.63) is 28.0 Å². The van der Waals surface area contributed by atoms with Crippen molar-refractivity contribution in [3.8, 4) is 0 Å². The SMILES string of the molecule is CCCC(CN)NS(=O)(=O)c1ccc(Cl)c(F)c1Cl. The van der Waals surface area contributed by atoms with Crippen LogP contribution in [0.3, 0.4) is 0 Å². The Morgan fingerprint density at radius 2 is 2.05 bits per heavy atom. The summed E-state index contributed by atoms with van der Waals surface area (Å²) in [5.74, 6) is -0.953. The van der Waals surface area contributed by atoms with E-state index in [1.165, 1.54) is 0 Å². The van der Waals surface area contributed by atoms with Crippen molar-refractivity contribution in [2.45, 2.75) is 30.7 Å². The van der Waals surface area contributed by atoms with Crippen LogP contribution in [0.5, 0.6) is 0 Å². The normalized spacial score (nSPS) is 13.5. The molecule has 0 spiro atoms. The number of hydrogen-bond acceptors (Lipinski definition) is 3. The van der Waals surface area contributed by atoms with Crippen LogP contribution < -0.4 is 10.5 Å². The molecular formula is C11H15Cl2FN2O2S. The van der Waals surface area contributed by atoms with Gasteiger partial charge < -0.3 is 5.73 Å². The number of benzene rings is 1. The smallest absolute Gasteiger partial charge is 0.242 e. The van der Waals surface area contributed by atoms with Crippen LogP contribution in [0, 0.1) is 5.82 Å². The summed E-state index contributed by atoms with van der Waals surface area (Å²) in [7, 11) is -3.92. The lowest BCUT2D eigenvalue weighted by molar-refractivity contribution is 0.526. The van der Waals surface area contributed by atoms with Crippen molar-refractivity contribution in [3.63, 3.8) is 0 Å². The molecule has 4 nitrogen and oxygen atoms in total. The third-order valence-electron chi connectivity index (χ3n) is 2.53. The molecule has 1 aromatic carbocycles. The Labute approximate surface area is 122 Å². The molecule has 0 saturated carbocycles. The monoisotopic (exact) mass is 328 g/mol. The Balaban J connectivity index is 3.10. The molecule has 1 rings (SSSR count). The Morgan fingerprint density at radius 3 is 2.58 bits per heavy atom. The first-order valence-corrected chi connectivity index (χ1v) is 7.93. The van der Waals surface area contributed by atoms with Gasteiger partial charge in [0.15, 0.2) is 5.82 Å². The summed E-state index contributed by atoms with van der Waals surface area (Å²) in [6.07, 6.45) is 1.36. The van der Waals surface area contributed by atoms with Gasteiger partial charge in [0.25, 0.3) is 0 Å². The Hall–Kier alpha value is -0.400. The first kappa shape index (κ1) is 16.7. The highest BCUT2D eigenvalue weighted by atomic mass is 35.5. The van der Waals surface area contributed by atoms with E-state index in [2.05, 4.69) is 4.72 Å². The topological polar surface area (TPSA) is 72.2 Å². The van der Waals surface area contributed by atoms with Crippen molar-refractivity contribution in [2.75, 3.05) is 6.54 Å². The Morgan fingerprint density at radius 1 is 1.42 bits per heavy atom. The molecule has 0 aliphatic heterocycles. The van der Waals surface area contributed by atoms with Crippen LogP contribution in [-0.4, -0.2) is 21.0 Å². The van der Waals surface area contributed by atoms with Crippen molar-refractivity contribution in [1.82, 2.24) is 4.72 Å². The van der Waals surface area contributed by atoms with E-state index < -0.39 is 26.9 Å². The zero-order chi connectivity index (χ0) is 14.6. The second-order valence-electron chi connectivity index (χ2n) is 4.02. The molecular weight excluding hydrogens is 314 g/mol. The number of halogens is 3. The highest BCUT2D eigenvalue weighted by molar-refractivity contribution is 7.89. The van der Waals surface area contributed by atoms with Crippen LogP contribution >= 0.6 is 23.2 Å². The van der Waals surface area contributed by atoms with Gasteiger partial charge in [0.2, 0.25) is 10.0 Å². The predicted octanol–water partition coefficient (Wildman–Crippen LogP) is 2.54. The van der Waals surface area contributed by atoms with Gasteiger partial charge in [0.05, 0.1) is 10.0 Å². The van der Waals surface area contributed by atoms with E-state index >= 15 is 0 Å². The highest BCUT2D eigenvalue weighted by Gasteiger charge is 2.24. The van der Waals surface area contributed by atoms with E-state index in [1.54, 1.807) is 0 Å². The van der Waals surface area contributed by atoms with Crippen molar-refractivity contribution in [2.24, 2.45) is 5.73 Å². The molecule has 1 unspecified atom stereocenters. The lowest BCUT2D eigenvalue weighted by Crippen LogP contribution is -2.40. The number of nitrogens with two attached hydrogens (primary N) is 1. The van der Waals surface area contributed by atoms with Crippen molar-refractivity contribution in [1.29, 1.82) is 0 Å². The van der Waals surface area contributed by atoms with Crippen LogP contribution in [0.4, 0.5) is 4.39 Å². The van der Waals surface area contributed by atoms with Crippen molar-refractivity contribution >= 4 is 33.2 Å². The van der Waals surface area contributed by atoms with E-state index in [0.717, 1.165) is 18.6 Å². The number of rotatable bonds is 6. The molecule has 0 aliphatic rings. The lowest BCUT2D eigenvalue weighted by atomic mass is 10.2. The van der Waals surface area contributed by atoms with Gasteiger partial charge in [-0.25, -0.2) is 17.5 Å². The molecule has 0 heterocycles. The third-order valence-corrected chi connectivity index (χ3v) is 4.87. The fourth-order valence-corrected chi connectivity index (χ4v) is 3.60. The summed E-state index contributed by atoms with van der Waals surface area (Å²) in [4.78, 5) is -0.342. The van der Waals surface area contributed by atoms with E-state index in [0.29, 0.717) is 6.42 Å². The molecule has 8 heteroatoms. The maximum absolute atomic E-state index is 13.5. The second-order valence-corrected chi connectivity index (χ2v) is 6.48. The fourth-order valence-electron chi connectivity index (χ4n) is 1.57. The van der Waals surface area contributed by atoms with E-state index in [-0.39, 0.29) is 16.5 Å². The van der Waals surface area contributed by atoms with Gasteiger partial charge in [-0.1, -0.05) is 36.5 Å². The van der Waals surface area contributed by atoms with Crippen LogP contribution in [0.2, 0.25) is 10.0 Å². The maximum Gasteiger partial charge on any atom is 0.242 e. The molecule has 108 valence electrons. The minimum absolute atomic E-state index is 0.154. The van der Waals surface area contributed by atoms with Gasteiger partial charge >= 0.3 is 0 Å². The third kappa shape index (κ3) is 4.03. The van der Waals surface area contributed by atoms with Crippen LogP contribution in [-0.2, 0) is 10.0 Å². The van der Waals surface area contributed by atoms with Gasteiger partial charge in [-0.15, -0.1) is 0 Å². The lowest BCUT2D eigenvalue weighted by Gasteiger charge is -2.17. The molecule has 1 atom stereocenters. The first-order valence-electron chi connectivity index (χ1n) is 5.69. The first-order chi connectivity index (χ1) is 8.83. The summed E-state index contributed by atoms with van der Waals surface area (Å²) in [6.45, 7) is 2.06. The standard InChI is InChI=1S/C11H15Cl2FN2O2S/c1-2-3-7(6-15)16-19(17,18)9-5-4-8(12)11(14)10(9)13/h4-5,7,16H,2-3,6,15H2,1H3. The minimum atomic E-state index is -3.92. The van der Waals surface area contributed by atoms with Crippen molar-refractivity contribution < 1.29 is 12.8 Å².